The van der Waals surface area contributed by atoms with Gasteiger partial charge < -0.3 is 11.1 Å². The van der Waals surface area contributed by atoms with Crippen molar-refractivity contribution in [3.05, 3.63) is 0 Å². The SMILES string of the molecule is CN1CCCC1(C)C.Cl.N. The van der Waals surface area contributed by atoms with E-state index in [2.05, 4.69) is 25.8 Å². The quantitative estimate of drug-likeness (QED) is 0.599. The summed E-state index contributed by atoms with van der Waals surface area (Å²) in [5.41, 5.74) is 0.486. The highest BCUT2D eigenvalue weighted by Gasteiger charge is 2.27. The molecule has 0 aromatic heterocycles. The van der Waals surface area contributed by atoms with Gasteiger partial charge in [0.1, 0.15) is 0 Å². The fourth-order valence-electron chi connectivity index (χ4n) is 1.24. The van der Waals surface area contributed by atoms with Crippen molar-refractivity contribution in [3.8, 4) is 0 Å². The molecule has 1 rings (SSSR count). The first-order chi connectivity index (χ1) is 3.63. The molecule has 64 valence electrons. The van der Waals surface area contributed by atoms with Gasteiger partial charge in [-0.3, -0.25) is 0 Å². The molecule has 1 aliphatic rings. The Labute approximate surface area is 70.0 Å². The van der Waals surface area contributed by atoms with Crippen LogP contribution in [0.15, 0.2) is 0 Å². The van der Waals surface area contributed by atoms with E-state index >= 15 is 0 Å². The van der Waals surface area contributed by atoms with E-state index in [1.165, 1.54) is 19.4 Å². The Morgan fingerprint density at radius 2 is 1.80 bits per heavy atom. The second kappa shape index (κ2) is 4.16. The largest absolute Gasteiger partial charge is 0.344 e. The van der Waals surface area contributed by atoms with Gasteiger partial charge in [0.25, 0.3) is 0 Å². The maximum atomic E-state index is 2.42. The van der Waals surface area contributed by atoms with Gasteiger partial charge in [0.15, 0.2) is 0 Å². The Kier molecular flexibility index (Phi) is 5.35. The Hall–Kier alpha value is 0.210. The molecule has 0 aliphatic carbocycles. The van der Waals surface area contributed by atoms with E-state index in [0.717, 1.165) is 0 Å². The van der Waals surface area contributed by atoms with Crippen LogP contribution in [0, 0.1) is 0 Å². The van der Waals surface area contributed by atoms with Crippen molar-refractivity contribution in [2.45, 2.75) is 32.2 Å². The molecule has 3 N–H and O–H groups in total. The van der Waals surface area contributed by atoms with E-state index in [-0.39, 0.29) is 18.6 Å². The molecule has 0 unspecified atom stereocenters. The zero-order chi connectivity index (χ0) is 6.20. The van der Waals surface area contributed by atoms with Gasteiger partial charge in [-0.25, -0.2) is 0 Å². The number of rotatable bonds is 0. The molecule has 0 radical (unpaired) electrons. The van der Waals surface area contributed by atoms with Crippen LogP contribution in [0.2, 0.25) is 0 Å². The smallest absolute Gasteiger partial charge is 0.0150 e. The van der Waals surface area contributed by atoms with Gasteiger partial charge in [-0.05, 0) is 40.3 Å². The van der Waals surface area contributed by atoms with Crippen LogP contribution < -0.4 is 6.15 Å². The Balaban J connectivity index is 0. The van der Waals surface area contributed by atoms with Crippen LogP contribution in [0.5, 0.6) is 0 Å². The third kappa shape index (κ3) is 2.45. The monoisotopic (exact) mass is 166 g/mol. The van der Waals surface area contributed by atoms with Crippen molar-refractivity contribution < 1.29 is 0 Å². The molecular weight excluding hydrogens is 148 g/mol. The Morgan fingerprint density at radius 3 is 1.90 bits per heavy atom. The fraction of sp³-hybridized carbons (Fsp3) is 1.00. The van der Waals surface area contributed by atoms with E-state index in [1.807, 2.05) is 0 Å². The molecule has 0 bridgehead atoms. The number of hydrogen-bond acceptors (Lipinski definition) is 2. The van der Waals surface area contributed by atoms with Crippen LogP contribution in [-0.2, 0) is 0 Å². The first kappa shape index (κ1) is 12.8. The molecule has 1 heterocycles. The van der Waals surface area contributed by atoms with Crippen LogP contribution in [0.3, 0.4) is 0 Å². The molecule has 0 aromatic carbocycles. The third-order valence-corrected chi connectivity index (χ3v) is 2.32. The minimum Gasteiger partial charge on any atom is -0.344 e. The highest BCUT2D eigenvalue weighted by Crippen LogP contribution is 2.25. The lowest BCUT2D eigenvalue weighted by molar-refractivity contribution is 0.218. The molecule has 0 spiro atoms. The molecule has 0 saturated carbocycles. The maximum Gasteiger partial charge on any atom is 0.0150 e. The van der Waals surface area contributed by atoms with Crippen molar-refractivity contribution in [3.63, 3.8) is 0 Å². The summed E-state index contributed by atoms with van der Waals surface area (Å²) in [6.45, 7) is 5.90. The van der Waals surface area contributed by atoms with Gasteiger partial charge in [0, 0.05) is 5.54 Å². The van der Waals surface area contributed by atoms with Crippen molar-refractivity contribution in [1.29, 1.82) is 0 Å². The lowest BCUT2D eigenvalue weighted by atomic mass is 10.0. The van der Waals surface area contributed by atoms with E-state index in [4.69, 9.17) is 0 Å². The highest BCUT2D eigenvalue weighted by atomic mass is 35.5. The van der Waals surface area contributed by atoms with E-state index < -0.39 is 0 Å². The Morgan fingerprint density at radius 1 is 1.30 bits per heavy atom. The van der Waals surface area contributed by atoms with E-state index in [9.17, 15) is 0 Å². The third-order valence-electron chi connectivity index (χ3n) is 2.32. The van der Waals surface area contributed by atoms with Gasteiger partial charge in [-0.15, -0.1) is 12.4 Å². The molecule has 1 saturated heterocycles. The van der Waals surface area contributed by atoms with Gasteiger partial charge in [-0.1, -0.05) is 0 Å². The van der Waals surface area contributed by atoms with Crippen LogP contribution in [0.4, 0.5) is 0 Å². The van der Waals surface area contributed by atoms with Crippen molar-refractivity contribution in [2.24, 2.45) is 0 Å². The normalized spacial score (nSPS) is 23.1. The summed E-state index contributed by atoms with van der Waals surface area (Å²) in [5, 5.41) is 0. The number of halogens is 1. The summed E-state index contributed by atoms with van der Waals surface area (Å²) in [6.07, 6.45) is 2.74. The van der Waals surface area contributed by atoms with Gasteiger partial charge in [-0.2, -0.15) is 0 Å². The summed E-state index contributed by atoms with van der Waals surface area (Å²) in [6, 6.07) is 0. The van der Waals surface area contributed by atoms with Crippen LogP contribution in [-0.4, -0.2) is 24.0 Å². The molecule has 10 heavy (non-hydrogen) atoms. The average Bonchev–Trinajstić information content (AvgIpc) is 1.86. The lowest BCUT2D eigenvalue weighted by Crippen LogP contribution is -2.34. The van der Waals surface area contributed by atoms with Crippen LogP contribution in [0.25, 0.3) is 0 Å². The number of nitrogens with zero attached hydrogens (tertiary/aromatic N) is 1. The molecule has 0 atom stereocenters. The Bertz CT molecular complexity index is 93.6. The number of likely N-dealkylation sites (tertiary alicyclic amines) is 1. The average molecular weight is 167 g/mol. The molecule has 1 aliphatic heterocycles. The van der Waals surface area contributed by atoms with E-state index in [1.54, 1.807) is 0 Å². The fourth-order valence-corrected chi connectivity index (χ4v) is 1.24. The van der Waals surface area contributed by atoms with Crippen LogP contribution in [0.1, 0.15) is 26.7 Å². The van der Waals surface area contributed by atoms with Crippen molar-refractivity contribution >= 4 is 12.4 Å². The number of hydrogen-bond donors (Lipinski definition) is 1. The molecule has 0 amide bonds. The van der Waals surface area contributed by atoms with Crippen LogP contribution >= 0.6 is 12.4 Å². The summed E-state index contributed by atoms with van der Waals surface area (Å²) in [7, 11) is 2.20. The first-order valence-corrected chi connectivity index (χ1v) is 3.34. The van der Waals surface area contributed by atoms with Gasteiger partial charge in [0.05, 0.1) is 0 Å². The van der Waals surface area contributed by atoms with E-state index in [0.29, 0.717) is 5.54 Å². The topological polar surface area (TPSA) is 38.2 Å². The second-order valence-corrected chi connectivity index (χ2v) is 3.34. The highest BCUT2D eigenvalue weighted by molar-refractivity contribution is 5.85. The molecule has 2 nitrogen and oxygen atoms in total. The lowest BCUT2D eigenvalue weighted by Gasteiger charge is -2.26. The summed E-state index contributed by atoms with van der Waals surface area (Å²) in [5.74, 6) is 0. The zero-order valence-electron chi connectivity index (χ0n) is 7.18. The van der Waals surface area contributed by atoms with Gasteiger partial charge in [0.2, 0.25) is 0 Å². The second-order valence-electron chi connectivity index (χ2n) is 3.34. The van der Waals surface area contributed by atoms with Crippen molar-refractivity contribution in [2.75, 3.05) is 13.6 Å². The molecular formula is C7H19ClN2. The summed E-state index contributed by atoms with van der Waals surface area (Å²) >= 11 is 0. The predicted molar refractivity (Wildman–Crippen MR) is 48.2 cm³/mol. The predicted octanol–water partition coefficient (Wildman–Crippen LogP) is 2.07. The minimum absolute atomic E-state index is 0. The first-order valence-electron chi connectivity index (χ1n) is 3.34. The van der Waals surface area contributed by atoms with Crippen molar-refractivity contribution in [1.82, 2.24) is 11.1 Å². The molecule has 3 heteroatoms. The maximum absolute atomic E-state index is 2.42. The summed E-state index contributed by atoms with van der Waals surface area (Å²) < 4.78 is 0. The van der Waals surface area contributed by atoms with Gasteiger partial charge >= 0.3 is 0 Å². The standard InChI is InChI=1S/C7H15N.ClH.H3N/c1-7(2)5-4-6-8(7)3;;/h4-6H2,1-3H3;1H;1H3. The molecule has 1 fully saturated rings. The molecule has 0 aromatic rings. The zero-order valence-corrected chi connectivity index (χ0v) is 8.00. The summed E-state index contributed by atoms with van der Waals surface area (Å²) in [4.78, 5) is 2.42. The minimum atomic E-state index is 0.